The molecular formula is C15H23Cl. The second-order valence-electron chi connectivity index (χ2n) is 4.53. The Morgan fingerprint density at radius 3 is 2.44 bits per heavy atom. The minimum absolute atomic E-state index is 0.197. The van der Waals surface area contributed by atoms with Gasteiger partial charge in [0, 0.05) is 0 Å². The van der Waals surface area contributed by atoms with Crippen molar-refractivity contribution in [3.8, 4) is 0 Å². The van der Waals surface area contributed by atoms with E-state index >= 15 is 0 Å². The summed E-state index contributed by atoms with van der Waals surface area (Å²) in [4.78, 5) is 0. The molecule has 0 aliphatic heterocycles. The summed E-state index contributed by atoms with van der Waals surface area (Å²) in [6.45, 7) is 4.39. The number of rotatable bonds is 7. The SMILES string of the molecule is CCCCCCCC(Cl)c1ccccc1C. The minimum Gasteiger partial charge on any atom is -0.118 e. The lowest BCUT2D eigenvalue weighted by Crippen LogP contribution is -1.94. The first-order valence-corrected chi connectivity index (χ1v) is 6.89. The van der Waals surface area contributed by atoms with Gasteiger partial charge in [-0.25, -0.2) is 0 Å². The van der Waals surface area contributed by atoms with Crippen molar-refractivity contribution >= 4 is 11.6 Å². The fourth-order valence-corrected chi connectivity index (χ4v) is 2.42. The number of halogens is 1. The molecule has 1 atom stereocenters. The highest BCUT2D eigenvalue weighted by Gasteiger charge is 2.09. The van der Waals surface area contributed by atoms with E-state index in [1.54, 1.807) is 0 Å². The van der Waals surface area contributed by atoms with Gasteiger partial charge in [-0.2, -0.15) is 0 Å². The van der Waals surface area contributed by atoms with Gasteiger partial charge < -0.3 is 0 Å². The molecular weight excluding hydrogens is 216 g/mol. The maximum Gasteiger partial charge on any atom is 0.0587 e. The summed E-state index contributed by atoms with van der Waals surface area (Å²) in [6.07, 6.45) is 7.70. The zero-order chi connectivity index (χ0) is 11.8. The van der Waals surface area contributed by atoms with Crippen LogP contribution in [-0.4, -0.2) is 0 Å². The molecule has 0 nitrogen and oxygen atoms in total. The van der Waals surface area contributed by atoms with Crippen LogP contribution in [0.3, 0.4) is 0 Å². The Bertz CT molecular complexity index is 293. The molecule has 0 fully saturated rings. The lowest BCUT2D eigenvalue weighted by Gasteiger charge is -2.12. The smallest absolute Gasteiger partial charge is 0.0587 e. The first-order valence-electron chi connectivity index (χ1n) is 6.45. The van der Waals surface area contributed by atoms with Gasteiger partial charge in [-0.1, -0.05) is 63.3 Å². The quantitative estimate of drug-likeness (QED) is 0.426. The third-order valence-corrected chi connectivity index (χ3v) is 3.54. The molecule has 0 radical (unpaired) electrons. The molecule has 1 heteroatoms. The van der Waals surface area contributed by atoms with E-state index in [2.05, 4.69) is 38.1 Å². The predicted octanol–water partition coefficient (Wildman–Crippen LogP) is 5.64. The summed E-state index contributed by atoms with van der Waals surface area (Å²) in [5, 5.41) is 0.197. The predicted molar refractivity (Wildman–Crippen MR) is 73.1 cm³/mol. The molecule has 1 rings (SSSR count). The van der Waals surface area contributed by atoms with E-state index in [4.69, 9.17) is 11.6 Å². The van der Waals surface area contributed by atoms with E-state index in [1.165, 1.54) is 43.2 Å². The molecule has 0 aliphatic carbocycles. The standard InChI is InChI=1S/C15H23Cl/c1-3-4-5-6-7-12-15(16)14-11-9-8-10-13(14)2/h8-11,15H,3-7,12H2,1-2H3. The van der Waals surface area contributed by atoms with Crippen LogP contribution in [0.4, 0.5) is 0 Å². The second-order valence-corrected chi connectivity index (χ2v) is 5.05. The fraction of sp³-hybridized carbons (Fsp3) is 0.600. The number of aryl methyl sites for hydroxylation is 1. The van der Waals surface area contributed by atoms with E-state index in [0.29, 0.717) is 0 Å². The van der Waals surface area contributed by atoms with E-state index < -0.39 is 0 Å². The van der Waals surface area contributed by atoms with Crippen molar-refractivity contribution in [1.29, 1.82) is 0 Å². The number of benzene rings is 1. The summed E-state index contributed by atoms with van der Waals surface area (Å²) in [5.41, 5.74) is 2.62. The van der Waals surface area contributed by atoms with Crippen LogP contribution in [0.2, 0.25) is 0 Å². The number of unbranched alkanes of at least 4 members (excludes halogenated alkanes) is 4. The summed E-state index contributed by atoms with van der Waals surface area (Å²) in [5.74, 6) is 0. The normalized spacial score (nSPS) is 12.7. The number of hydrogen-bond donors (Lipinski definition) is 0. The van der Waals surface area contributed by atoms with Crippen LogP contribution in [0.25, 0.3) is 0 Å². The molecule has 16 heavy (non-hydrogen) atoms. The molecule has 0 spiro atoms. The monoisotopic (exact) mass is 238 g/mol. The van der Waals surface area contributed by atoms with Gasteiger partial charge in [0.15, 0.2) is 0 Å². The van der Waals surface area contributed by atoms with Gasteiger partial charge in [0.2, 0.25) is 0 Å². The first-order chi connectivity index (χ1) is 7.75. The van der Waals surface area contributed by atoms with Gasteiger partial charge in [-0.3, -0.25) is 0 Å². The topological polar surface area (TPSA) is 0 Å². The Morgan fingerprint density at radius 1 is 1.06 bits per heavy atom. The van der Waals surface area contributed by atoms with E-state index in [0.717, 1.165) is 6.42 Å². The minimum atomic E-state index is 0.197. The highest BCUT2D eigenvalue weighted by Crippen LogP contribution is 2.28. The maximum absolute atomic E-state index is 6.42. The molecule has 0 saturated heterocycles. The molecule has 0 amide bonds. The Balaban J connectivity index is 2.30. The molecule has 0 heterocycles. The second kappa shape index (κ2) is 7.73. The Kier molecular flexibility index (Phi) is 6.56. The van der Waals surface area contributed by atoms with E-state index in [1.807, 2.05) is 0 Å². The van der Waals surface area contributed by atoms with Crippen molar-refractivity contribution in [3.63, 3.8) is 0 Å². The lowest BCUT2D eigenvalue weighted by molar-refractivity contribution is 0.601. The van der Waals surface area contributed by atoms with Crippen molar-refractivity contribution in [2.75, 3.05) is 0 Å². The average Bonchev–Trinajstić information content (AvgIpc) is 2.29. The van der Waals surface area contributed by atoms with Crippen LogP contribution >= 0.6 is 11.6 Å². The summed E-state index contributed by atoms with van der Waals surface area (Å²) < 4.78 is 0. The Labute approximate surface area is 105 Å². The first kappa shape index (κ1) is 13.6. The summed E-state index contributed by atoms with van der Waals surface area (Å²) >= 11 is 6.42. The zero-order valence-electron chi connectivity index (χ0n) is 10.5. The van der Waals surface area contributed by atoms with Crippen LogP contribution < -0.4 is 0 Å². The Hall–Kier alpha value is -0.490. The van der Waals surface area contributed by atoms with Crippen molar-refractivity contribution < 1.29 is 0 Å². The van der Waals surface area contributed by atoms with Crippen molar-refractivity contribution in [3.05, 3.63) is 35.4 Å². The summed E-state index contributed by atoms with van der Waals surface area (Å²) in [6, 6.07) is 8.44. The van der Waals surface area contributed by atoms with Gasteiger partial charge >= 0.3 is 0 Å². The van der Waals surface area contributed by atoms with Gasteiger partial charge in [0.25, 0.3) is 0 Å². The molecule has 0 aromatic heterocycles. The van der Waals surface area contributed by atoms with Gasteiger partial charge in [-0.05, 0) is 24.5 Å². The molecule has 1 aromatic rings. The largest absolute Gasteiger partial charge is 0.118 e. The highest BCUT2D eigenvalue weighted by molar-refractivity contribution is 6.20. The van der Waals surface area contributed by atoms with Crippen LogP contribution in [0.15, 0.2) is 24.3 Å². The van der Waals surface area contributed by atoms with Gasteiger partial charge in [-0.15, -0.1) is 11.6 Å². The van der Waals surface area contributed by atoms with Crippen molar-refractivity contribution in [2.45, 2.75) is 57.7 Å². The fourth-order valence-electron chi connectivity index (χ4n) is 2.02. The summed E-state index contributed by atoms with van der Waals surface area (Å²) in [7, 11) is 0. The number of alkyl halides is 1. The third kappa shape index (κ3) is 4.57. The van der Waals surface area contributed by atoms with E-state index in [9.17, 15) is 0 Å². The maximum atomic E-state index is 6.42. The van der Waals surface area contributed by atoms with Crippen LogP contribution in [0.1, 0.15) is 62.0 Å². The lowest BCUT2D eigenvalue weighted by atomic mass is 10.0. The van der Waals surface area contributed by atoms with Crippen molar-refractivity contribution in [1.82, 2.24) is 0 Å². The average molecular weight is 239 g/mol. The van der Waals surface area contributed by atoms with Gasteiger partial charge in [0.1, 0.15) is 0 Å². The molecule has 0 aliphatic rings. The molecule has 1 aromatic carbocycles. The van der Waals surface area contributed by atoms with E-state index in [-0.39, 0.29) is 5.38 Å². The van der Waals surface area contributed by atoms with Crippen molar-refractivity contribution in [2.24, 2.45) is 0 Å². The third-order valence-electron chi connectivity index (χ3n) is 3.09. The van der Waals surface area contributed by atoms with Crippen LogP contribution in [0, 0.1) is 6.92 Å². The molecule has 0 bridgehead atoms. The molecule has 0 saturated carbocycles. The Morgan fingerprint density at radius 2 is 1.75 bits per heavy atom. The highest BCUT2D eigenvalue weighted by atomic mass is 35.5. The van der Waals surface area contributed by atoms with Crippen LogP contribution in [0.5, 0.6) is 0 Å². The zero-order valence-corrected chi connectivity index (χ0v) is 11.3. The molecule has 90 valence electrons. The number of hydrogen-bond acceptors (Lipinski definition) is 0. The molecule has 0 N–H and O–H groups in total. The van der Waals surface area contributed by atoms with Gasteiger partial charge in [0.05, 0.1) is 5.38 Å². The molecule has 1 unspecified atom stereocenters. The van der Waals surface area contributed by atoms with Crippen LogP contribution in [-0.2, 0) is 0 Å².